The molecule has 1 fully saturated rings. The largest absolute Gasteiger partial charge is 0.381 e. The second-order valence-electron chi connectivity index (χ2n) is 4.59. The fraction of sp³-hybridized carbons (Fsp3) is 0.538. The Kier molecular flexibility index (Phi) is 5.43. The minimum absolute atomic E-state index is 0.160. The lowest BCUT2D eigenvalue weighted by Gasteiger charge is -2.06. The molecule has 19 heavy (non-hydrogen) atoms. The van der Waals surface area contributed by atoms with Crippen LogP contribution < -0.4 is 5.32 Å². The Morgan fingerprint density at radius 2 is 2.21 bits per heavy atom. The Bertz CT molecular complexity index is 450. The van der Waals surface area contributed by atoms with Gasteiger partial charge in [-0.1, -0.05) is 23.2 Å². The fourth-order valence-corrected chi connectivity index (χ4v) is 1.91. The van der Waals surface area contributed by atoms with E-state index in [0.29, 0.717) is 18.2 Å². The number of aromatic nitrogens is 1. The molecule has 0 radical (unpaired) electrons. The number of halogens is 2. The van der Waals surface area contributed by atoms with Gasteiger partial charge in [0.05, 0.1) is 5.02 Å². The van der Waals surface area contributed by atoms with Crippen LogP contribution >= 0.6 is 23.2 Å². The molecular weight excluding hydrogens is 287 g/mol. The lowest BCUT2D eigenvalue weighted by molar-refractivity contribution is 0.0933. The van der Waals surface area contributed by atoms with Crippen LogP contribution in [0.2, 0.25) is 10.2 Å². The number of carbonyl (C=O) groups is 1. The Labute approximate surface area is 122 Å². The van der Waals surface area contributed by atoms with Gasteiger partial charge in [-0.25, -0.2) is 4.98 Å². The van der Waals surface area contributed by atoms with Gasteiger partial charge in [0.25, 0.3) is 5.91 Å². The van der Waals surface area contributed by atoms with Gasteiger partial charge < -0.3 is 10.1 Å². The minimum Gasteiger partial charge on any atom is -0.381 e. The number of pyridine rings is 1. The maximum absolute atomic E-state index is 11.8. The molecule has 0 bridgehead atoms. The average Bonchev–Trinajstić information content (AvgIpc) is 3.20. The summed E-state index contributed by atoms with van der Waals surface area (Å²) in [5, 5.41) is 3.30. The predicted octanol–water partition coefficient (Wildman–Crippen LogP) is 2.93. The number of ether oxygens (including phenoxy) is 1. The zero-order valence-corrected chi connectivity index (χ0v) is 12.0. The molecule has 1 heterocycles. The van der Waals surface area contributed by atoms with Crippen LogP contribution in [0.15, 0.2) is 12.1 Å². The highest BCUT2D eigenvalue weighted by Gasteiger charge is 2.20. The molecule has 0 saturated heterocycles. The molecule has 1 N–H and O–H groups in total. The van der Waals surface area contributed by atoms with Crippen molar-refractivity contribution in [2.75, 3.05) is 19.8 Å². The lowest BCUT2D eigenvalue weighted by atomic mass is 10.3. The van der Waals surface area contributed by atoms with Crippen molar-refractivity contribution < 1.29 is 9.53 Å². The van der Waals surface area contributed by atoms with E-state index < -0.39 is 0 Å². The summed E-state index contributed by atoms with van der Waals surface area (Å²) in [5.41, 5.74) is 0.160. The van der Waals surface area contributed by atoms with Crippen LogP contribution in [0, 0.1) is 5.92 Å². The van der Waals surface area contributed by atoms with E-state index in [1.54, 1.807) is 12.1 Å². The molecule has 6 heteroatoms. The zero-order chi connectivity index (χ0) is 13.7. The van der Waals surface area contributed by atoms with Gasteiger partial charge in [-0.2, -0.15) is 0 Å². The molecule has 104 valence electrons. The molecule has 1 aliphatic rings. The number of hydrogen-bond acceptors (Lipinski definition) is 3. The van der Waals surface area contributed by atoms with Gasteiger partial charge in [0.1, 0.15) is 10.8 Å². The van der Waals surface area contributed by atoms with E-state index in [0.717, 1.165) is 18.9 Å². The first-order valence-corrected chi connectivity index (χ1v) is 7.10. The summed E-state index contributed by atoms with van der Waals surface area (Å²) in [7, 11) is 0. The maximum Gasteiger partial charge on any atom is 0.271 e. The van der Waals surface area contributed by atoms with Crippen molar-refractivity contribution in [1.82, 2.24) is 10.3 Å². The van der Waals surface area contributed by atoms with E-state index >= 15 is 0 Å². The van der Waals surface area contributed by atoms with Crippen LogP contribution in [0.3, 0.4) is 0 Å². The first-order chi connectivity index (χ1) is 9.16. The summed E-state index contributed by atoms with van der Waals surface area (Å²) in [5.74, 6) is 0.457. The number of amides is 1. The number of nitrogens with zero attached hydrogens (tertiary/aromatic N) is 1. The SMILES string of the molecule is O=C(NCCCOCC1CC1)c1nc(Cl)ccc1Cl. The summed E-state index contributed by atoms with van der Waals surface area (Å²) in [6.45, 7) is 2.04. The number of hydrogen-bond donors (Lipinski definition) is 1. The molecule has 1 aromatic heterocycles. The average molecular weight is 303 g/mol. The third-order valence-electron chi connectivity index (χ3n) is 2.83. The van der Waals surface area contributed by atoms with E-state index in [1.807, 2.05) is 0 Å². The highest BCUT2D eigenvalue weighted by Crippen LogP contribution is 2.28. The molecule has 1 aromatic rings. The smallest absolute Gasteiger partial charge is 0.271 e. The van der Waals surface area contributed by atoms with Gasteiger partial charge in [0.2, 0.25) is 0 Å². The molecular formula is C13H16Cl2N2O2. The van der Waals surface area contributed by atoms with E-state index in [9.17, 15) is 4.79 Å². The van der Waals surface area contributed by atoms with E-state index in [2.05, 4.69) is 10.3 Å². The molecule has 0 unspecified atom stereocenters. The van der Waals surface area contributed by atoms with Crippen molar-refractivity contribution in [2.45, 2.75) is 19.3 Å². The first kappa shape index (κ1) is 14.6. The third kappa shape index (κ3) is 4.97. The summed E-state index contributed by atoms with van der Waals surface area (Å²) < 4.78 is 5.47. The van der Waals surface area contributed by atoms with Crippen molar-refractivity contribution in [3.63, 3.8) is 0 Å². The number of nitrogens with one attached hydrogen (secondary N) is 1. The minimum atomic E-state index is -0.310. The van der Waals surface area contributed by atoms with E-state index in [4.69, 9.17) is 27.9 Å². The van der Waals surface area contributed by atoms with Gasteiger partial charge in [-0.05, 0) is 37.3 Å². The van der Waals surface area contributed by atoms with Gasteiger partial charge in [0.15, 0.2) is 0 Å². The summed E-state index contributed by atoms with van der Waals surface area (Å²) in [6, 6.07) is 3.11. The first-order valence-electron chi connectivity index (χ1n) is 6.35. The zero-order valence-electron chi connectivity index (χ0n) is 10.5. The number of carbonyl (C=O) groups excluding carboxylic acids is 1. The standard InChI is InChI=1S/C13H16Cl2N2O2/c14-10-4-5-11(15)17-12(10)13(18)16-6-1-7-19-8-9-2-3-9/h4-5,9H,1-3,6-8H2,(H,16,18). The van der Waals surface area contributed by atoms with Crippen molar-refractivity contribution >= 4 is 29.1 Å². The highest BCUT2D eigenvalue weighted by molar-refractivity contribution is 6.34. The molecule has 2 rings (SSSR count). The van der Waals surface area contributed by atoms with E-state index in [1.165, 1.54) is 12.8 Å². The molecule has 0 aliphatic heterocycles. The fourth-order valence-electron chi connectivity index (χ4n) is 1.57. The molecule has 0 aromatic carbocycles. The molecule has 1 saturated carbocycles. The van der Waals surface area contributed by atoms with Gasteiger partial charge in [-0.3, -0.25) is 4.79 Å². The van der Waals surface area contributed by atoms with Crippen molar-refractivity contribution in [3.05, 3.63) is 28.0 Å². The topological polar surface area (TPSA) is 51.2 Å². The molecule has 0 atom stereocenters. The van der Waals surface area contributed by atoms with Crippen molar-refractivity contribution in [2.24, 2.45) is 5.92 Å². The molecule has 1 amide bonds. The van der Waals surface area contributed by atoms with E-state index in [-0.39, 0.29) is 16.8 Å². The second-order valence-corrected chi connectivity index (χ2v) is 5.39. The predicted molar refractivity (Wildman–Crippen MR) is 74.8 cm³/mol. The molecule has 4 nitrogen and oxygen atoms in total. The Balaban J connectivity index is 1.66. The van der Waals surface area contributed by atoms with Crippen molar-refractivity contribution in [1.29, 1.82) is 0 Å². The van der Waals surface area contributed by atoms with Crippen LogP contribution in [-0.2, 0) is 4.74 Å². The van der Waals surface area contributed by atoms with Crippen LogP contribution in [-0.4, -0.2) is 30.6 Å². The molecule has 1 aliphatic carbocycles. The quantitative estimate of drug-likeness (QED) is 0.622. The number of rotatable bonds is 7. The summed E-state index contributed by atoms with van der Waals surface area (Å²) in [6.07, 6.45) is 3.35. The van der Waals surface area contributed by atoms with Crippen LogP contribution in [0.4, 0.5) is 0 Å². The van der Waals surface area contributed by atoms with Crippen LogP contribution in [0.5, 0.6) is 0 Å². The normalized spacial score (nSPS) is 14.4. The maximum atomic E-state index is 11.8. The molecule has 0 spiro atoms. The van der Waals surface area contributed by atoms with Crippen molar-refractivity contribution in [3.8, 4) is 0 Å². The monoisotopic (exact) mass is 302 g/mol. The third-order valence-corrected chi connectivity index (χ3v) is 3.34. The lowest BCUT2D eigenvalue weighted by Crippen LogP contribution is -2.26. The second kappa shape index (κ2) is 7.08. The Morgan fingerprint density at radius 3 is 2.95 bits per heavy atom. The Hall–Kier alpha value is -0.840. The summed E-state index contributed by atoms with van der Waals surface area (Å²) >= 11 is 11.6. The Morgan fingerprint density at radius 1 is 1.42 bits per heavy atom. The summed E-state index contributed by atoms with van der Waals surface area (Å²) in [4.78, 5) is 15.7. The van der Waals surface area contributed by atoms with Gasteiger partial charge >= 0.3 is 0 Å². The van der Waals surface area contributed by atoms with Crippen LogP contribution in [0.1, 0.15) is 29.8 Å². The van der Waals surface area contributed by atoms with Gasteiger partial charge in [-0.15, -0.1) is 0 Å². The van der Waals surface area contributed by atoms with Crippen LogP contribution in [0.25, 0.3) is 0 Å². The highest BCUT2D eigenvalue weighted by atomic mass is 35.5. The van der Waals surface area contributed by atoms with Gasteiger partial charge in [0, 0.05) is 19.8 Å².